The lowest BCUT2D eigenvalue weighted by atomic mass is 9.94. The lowest BCUT2D eigenvalue weighted by Crippen LogP contribution is -2.44. The van der Waals surface area contributed by atoms with Crippen LogP contribution in [0.3, 0.4) is 0 Å². The summed E-state index contributed by atoms with van der Waals surface area (Å²) in [5, 5.41) is 0. The van der Waals surface area contributed by atoms with E-state index < -0.39 is 0 Å². The summed E-state index contributed by atoms with van der Waals surface area (Å²) in [6.45, 7) is 2.44. The Labute approximate surface area is 130 Å². The maximum atomic E-state index is 12.7. The van der Waals surface area contributed by atoms with Crippen LogP contribution in [0.4, 0.5) is 0 Å². The SMILES string of the molecule is Cl.NCC1CCCN(C(=O)C2CSc3ccccc32)C1. The van der Waals surface area contributed by atoms with Crippen LogP contribution in [-0.2, 0) is 4.79 Å². The van der Waals surface area contributed by atoms with Crippen molar-refractivity contribution >= 4 is 30.1 Å². The van der Waals surface area contributed by atoms with Crippen LogP contribution in [0.15, 0.2) is 29.2 Å². The van der Waals surface area contributed by atoms with Crippen LogP contribution in [-0.4, -0.2) is 36.2 Å². The Morgan fingerprint density at radius 2 is 2.20 bits per heavy atom. The van der Waals surface area contributed by atoms with Gasteiger partial charge in [0.25, 0.3) is 0 Å². The third-order valence-electron chi connectivity index (χ3n) is 4.16. The molecule has 0 radical (unpaired) electrons. The Hall–Kier alpha value is -0.710. The van der Waals surface area contributed by atoms with Gasteiger partial charge >= 0.3 is 0 Å². The Balaban J connectivity index is 0.00000147. The fourth-order valence-electron chi connectivity index (χ4n) is 3.05. The van der Waals surface area contributed by atoms with Crippen molar-refractivity contribution in [3.8, 4) is 0 Å². The van der Waals surface area contributed by atoms with E-state index >= 15 is 0 Å². The van der Waals surface area contributed by atoms with Crippen molar-refractivity contribution < 1.29 is 4.79 Å². The number of fused-ring (bicyclic) bond motifs is 1. The van der Waals surface area contributed by atoms with Crippen molar-refractivity contribution in [1.29, 1.82) is 0 Å². The molecule has 0 saturated carbocycles. The van der Waals surface area contributed by atoms with Gasteiger partial charge in [-0.15, -0.1) is 24.2 Å². The molecule has 110 valence electrons. The van der Waals surface area contributed by atoms with E-state index in [1.807, 2.05) is 17.0 Å². The fraction of sp³-hybridized carbons (Fsp3) is 0.533. The van der Waals surface area contributed by atoms with Crippen molar-refractivity contribution in [2.24, 2.45) is 11.7 Å². The van der Waals surface area contributed by atoms with Crippen LogP contribution in [0.1, 0.15) is 24.3 Å². The number of hydrogen-bond donors (Lipinski definition) is 1. The monoisotopic (exact) mass is 312 g/mol. The minimum Gasteiger partial charge on any atom is -0.342 e. The van der Waals surface area contributed by atoms with Crippen molar-refractivity contribution in [3.05, 3.63) is 29.8 Å². The first kappa shape index (κ1) is 15.7. The minimum absolute atomic E-state index is 0. The van der Waals surface area contributed by atoms with E-state index in [1.165, 1.54) is 10.5 Å². The molecule has 20 heavy (non-hydrogen) atoms. The third kappa shape index (κ3) is 2.97. The predicted molar refractivity (Wildman–Crippen MR) is 85.5 cm³/mol. The summed E-state index contributed by atoms with van der Waals surface area (Å²) in [6.07, 6.45) is 2.26. The maximum absolute atomic E-state index is 12.7. The average molecular weight is 313 g/mol. The second-order valence-electron chi connectivity index (χ2n) is 5.43. The normalized spacial score (nSPS) is 24.9. The van der Waals surface area contributed by atoms with E-state index in [-0.39, 0.29) is 18.3 Å². The third-order valence-corrected chi connectivity index (χ3v) is 5.34. The molecular formula is C15H21ClN2OS. The lowest BCUT2D eigenvalue weighted by Gasteiger charge is -2.33. The average Bonchev–Trinajstić information content (AvgIpc) is 2.90. The van der Waals surface area contributed by atoms with Crippen molar-refractivity contribution in [2.75, 3.05) is 25.4 Å². The highest BCUT2D eigenvalue weighted by Gasteiger charge is 2.33. The molecule has 2 unspecified atom stereocenters. The molecule has 2 atom stereocenters. The van der Waals surface area contributed by atoms with Gasteiger partial charge < -0.3 is 10.6 Å². The zero-order valence-electron chi connectivity index (χ0n) is 11.5. The zero-order valence-corrected chi connectivity index (χ0v) is 13.1. The number of hydrogen-bond acceptors (Lipinski definition) is 3. The molecule has 1 aromatic carbocycles. The van der Waals surface area contributed by atoms with E-state index in [0.717, 1.165) is 31.7 Å². The molecule has 3 nitrogen and oxygen atoms in total. The van der Waals surface area contributed by atoms with E-state index in [9.17, 15) is 4.79 Å². The van der Waals surface area contributed by atoms with Crippen molar-refractivity contribution in [2.45, 2.75) is 23.7 Å². The summed E-state index contributed by atoms with van der Waals surface area (Å²) in [5.74, 6) is 1.73. The van der Waals surface area contributed by atoms with Gasteiger partial charge in [0.2, 0.25) is 5.91 Å². The van der Waals surface area contributed by atoms with Gasteiger partial charge in [-0.2, -0.15) is 0 Å². The Morgan fingerprint density at radius 1 is 1.40 bits per heavy atom. The molecule has 2 N–H and O–H groups in total. The molecule has 3 rings (SSSR count). The Morgan fingerprint density at radius 3 is 3.00 bits per heavy atom. The van der Waals surface area contributed by atoms with Gasteiger partial charge in [-0.25, -0.2) is 0 Å². The number of thioether (sulfide) groups is 1. The molecule has 5 heteroatoms. The largest absolute Gasteiger partial charge is 0.342 e. The fourth-order valence-corrected chi connectivity index (χ4v) is 4.27. The first-order chi connectivity index (χ1) is 9.29. The number of likely N-dealkylation sites (tertiary alicyclic amines) is 1. The summed E-state index contributed by atoms with van der Waals surface area (Å²) in [5.41, 5.74) is 6.97. The van der Waals surface area contributed by atoms with Crippen LogP contribution >= 0.6 is 24.2 Å². The second kappa shape index (κ2) is 6.83. The summed E-state index contributed by atoms with van der Waals surface area (Å²) in [6, 6.07) is 8.29. The number of rotatable bonds is 2. The highest BCUT2D eigenvalue weighted by atomic mass is 35.5. The number of nitrogens with two attached hydrogens (primary N) is 1. The molecule has 1 saturated heterocycles. The molecule has 2 aliphatic rings. The van der Waals surface area contributed by atoms with Gasteiger partial charge in [-0.3, -0.25) is 4.79 Å². The molecule has 1 amide bonds. The maximum Gasteiger partial charge on any atom is 0.231 e. The molecule has 0 aliphatic carbocycles. The standard InChI is InChI=1S/C15H20N2OS.ClH/c16-8-11-4-3-7-17(9-11)15(18)13-10-19-14-6-2-1-5-12(13)14;/h1-2,5-6,11,13H,3-4,7-10,16H2;1H. The van der Waals surface area contributed by atoms with Gasteiger partial charge in [0.15, 0.2) is 0 Å². The van der Waals surface area contributed by atoms with E-state index in [2.05, 4.69) is 12.1 Å². The van der Waals surface area contributed by atoms with Crippen LogP contribution in [0.25, 0.3) is 0 Å². The molecule has 2 heterocycles. The number of nitrogens with zero attached hydrogens (tertiary/aromatic N) is 1. The van der Waals surface area contributed by atoms with Crippen LogP contribution in [0.2, 0.25) is 0 Å². The number of piperidine rings is 1. The summed E-state index contributed by atoms with van der Waals surface area (Å²) >= 11 is 1.80. The van der Waals surface area contributed by atoms with Gasteiger partial charge in [0.1, 0.15) is 0 Å². The summed E-state index contributed by atoms with van der Waals surface area (Å²) < 4.78 is 0. The first-order valence-electron chi connectivity index (χ1n) is 7.00. The predicted octanol–water partition coefficient (Wildman–Crippen LogP) is 2.50. The Kier molecular flexibility index (Phi) is 5.35. The van der Waals surface area contributed by atoms with E-state index in [4.69, 9.17) is 5.73 Å². The quantitative estimate of drug-likeness (QED) is 0.912. The number of amides is 1. The Bertz CT molecular complexity index is 483. The number of carbonyl (C=O) groups is 1. The highest BCUT2D eigenvalue weighted by molar-refractivity contribution is 7.99. The molecule has 1 fully saturated rings. The van der Waals surface area contributed by atoms with Gasteiger partial charge in [-0.1, -0.05) is 18.2 Å². The zero-order chi connectivity index (χ0) is 13.2. The summed E-state index contributed by atoms with van der Waals surface area (Å²) in [7, 11) is 0. The van der Waals surface area contributed by atoms with Crippen LogP contribution in [0.5, 0.6) is 0 Å². The second-order valence-corrected chi connectivity index (χ2v) is 6.49. The van der Waals surface area contributed by atoms with Crippen LogP contribution < -0.4 is 5.73 Å². The smallest absolute Gasteiger partial charge is 0.231 e. The highest BCUT2D eigenvalue weighted by Crippen LogP contribution is 2.40. The van der Waals surface area contributed by atoms with E-state index in [1.54, 1.807) is 11.8 Å². The molecule has 2 aliphatic heterocycles. The molecule has 0 spiro atoms. The lowest BCUT2D eigenvalue weighted by molar-refractivity contribution is -0.134. The minimum atomic E-state index is 0. The van der Waals surface area contributed by atoms with Crippen molar-refractivity contribution in [1.82, 2.24) is 4.90 Å². The van der Waals surface area contributed by atoms with Gasteiger partial charge in [-0.05, 0) is 36.9 Å². The van der Waals surface area contributed by atoms with E-state index in [0.29, 0.717) is 18.4 Å². The van der Waals surface area contributed by atoms with Crippen LogP contribution in [0, 0.1) is 5.92 Å². The molecule has 1 aromatic rings. The molecule has 0 aromatic heterocycles. The van der Waals surface area contributed by atoms with Gasteiger partial charge in [0, 0.05) is 23.7 Å². The molecular weight excluding hydrogens is 292 g/mol. The van der Waals surface area contributed by atoms with Crippen molar-refractivity contribution in [3.63, 3.8) is 0 Å². The number of benzene rings is 1. The molecule has 0 bridgehead atoms. The number of halogens is 1. The first-order valence-corrected chi connectivity index (χ1v) is 7.98. The topological polar surface area (TPSA) is 46.3 Å². The number of carbonyl (C=O) groups excluding carboxylic acids is 1. The van der Waals surface area contributed by atoms with Gasteiger partial charge in [0.05, 0.1) is 5.92 Å². The summed E-state index contributed by atoms with van der Waals surface area (Å²) in [4.78, 5) is 16.0.